The third-order valence-corrected chi connectivity index (χ3v) is 3.88. The number of nitrogens with one attached hydrogen (secondary N) is 1. The molecular formula is C19H17F2N3O2. The number of carbonyl (C=O) groups is 1. The first-order chi connectivity index (χ1) is 12.5. The van der Waals surface area contributed by atoms with E-state index in [0.717, 1.165) is 11.3 Å². The number of nitrogens with zero attached hydrogens (tertiary/aromatic N) is 2. The summed E-state index contributed by atoms with van der Waals surface area (Å²) >= 11 is 0. The molecule has 134 valence electrons. The molecule has 0 saturated heterocycles. The predicted molar refractivity (Wildman–Crippen MR) is 92.5 cm³/mol. The maximum Gasteiger partial charge on any atom is 0.387 e. The van der Waals surface area contributed by atoms with Gasteiger partial charge in [0.2, 0.25) is 0 Å². The Hall–Kier alpha value is -3.22. The molecule has 1 atom stereocenters. The zero-order chi connectivity index (χ0) is 18.5. The second-order valence-corrected chi connectivity index (χ2v) is 5.66. The zero-order valence-electron chi connectivity index (χ0n) is 14.0. The summed E-state index contributed by atoms with van der Waals surface area (Å²) in [5.41, 5.74) is 2.22. The van der Waals surface area contributed by atoms with Gasteiger partial charge in [0.05, 0.1) is 12.4 Å². The first-order valence-electron chi connectivity index (χ1n) is 7.97. The fourth-order valence-corrected chi connectivity index (χ4v) is 2.50. The number of hydrogen-bond donors (Lipinski definition) is 1. The number of alkyl halides is 2. The Morgan fingerprint density at radius 3 is 2.38 bits per heavy atom. The molecule has 0 spiro atoms. The van der Waals surface area contributed by atoms with Crippen molar-refractivity contribution in [1.29, 1.82) is 0 Å². The number of imidazole rings is 1. The molecule has 0 bridgehead atoms. The lowest BCUT2D eigenvalue weighted by Gasteiger charge is -2.15. The van der Waals surface area contributed by atoms with Gasteiger partial charge in [0.25, 0.3) is 5.91 Å². The van der Waals surface area contributed by atoms with Gasteiger partial charge in [-0.05, 0) is 48.9 Å². The smallest absolute Gasteiger partial charge is 0.387 e. The highest BCUT2D eigenvalue weighted by Gasteiger charge is 2.12. The van der Waals surface area contributed by atoms with Crippen LogP contribution in [0.4, 0.5) is 8.78 Å². The summed E-state index contributed by atoms with van der Waals surface area (Å²) in [5, 5.41) is 2.88. The van der Waals surface area contributed by atoms with Crippen LogP contribution in [0.15, 0.2) is 67.3 Å². The average molecular weight is 357 g/mol. The van der Waals surface area contributed by atoms with Gasteiger partial charge in [-0.2, -0.15) is 8.78 Å². The van der Waals surface area contributed by atoms with Crippen LogP contribution in [0.3, 0.4) is 0 Å². The van der Waals surface area contributed by atoms with E-state index in [9.17, 15) is 13.6 Å². The molecule has 0 aliphatic rings. The lowest BCUT2D eigenvalue weighted by molar-refractivity contribution is -0.0498. The van der Waals surface area contributed by atoms with Crippen molar-refractivity contribution in [3.05, 3.63) is 78.4 Å². The quantitative estimate of drug-likeness (QED) is 0.726. The second-order valence-electron chi connectivity index (χ2n) is 5.66. The van der Waals surface area contributed by atoms with Crippen molar-refractivity contribution >= 4 is 5.91 Å². The number of benzene rings is 2. The molecule has 3 aromatic rings. The maximum atomic E-state index is 12.4. The van der Waals surface area contributed by atoms with Crippen molar-refractivity contribution in [2.45, 2.75) is 19.6 Å². The maximum absolute atomic E-state index is 12.4. The van der Waals surface area contributed by atoms with Gasteiger partial charge in [-0.15, -0.1) is 0 Å². The third kappa shape index (κ3) is 4.24. The van der Waals surface area contributed by atoms with Crippen LogP contribution in [-0.4, -0.2) is 22.1 Å². The molecule has 0 radical (unpaired) electrons. The van der Waals surface area contributed by atoms with Crippen LogP contribution in [0.25, 0.3) is 5.69 Å². The van der Waals surface area contributed by atoms with Crippen LogP contribution in [0.2, 0.25) is 0 Å². The summed E-state index contributed by atoms with van der Waals surface area (Å²) in [6.07, 6.45) is 5.18. The van der Waals surface area contributed by atoms with E-state index in [2.05, 4.69) is 15.0 Å². The minimum atomic E-state index is -2.86. The number of amides is 1. The van der Waals surface area contributed by atoms with Crippen LogP contribution < -0.4 is 10.1 Å². The first-order valence-corrected chi connectivity index (χ1v) is 7.97. The van der Waals surface area contributed by atoms with Gasteiger partial charge in [0.15, 0.2) is 0 Å². The fraction of sp³-hybridized carbons (Fsp3) is 0.158. The Bertz CT molecular complexity index is 848. The van der Waals surface area contributed by atoms with Gasteiger partial charge in [-0.1, -0.05) is 12.1 Å². The van der Waals surface area contributed by atoms with E-state index in [0.29, 0.717) is 5.56 Å². The molecule has 0 saturated carbocycles. The van der Waals surface area contributed by atoms with Crippen molar-refractivity contribution in [2.24, 2.45) is 0 Å². The van der Waals surface area contributed by atoms with E-state index in [1.165, 1.54) is 12.1 Å². The molecule has 1 amide bonds. The van der Waals surface area contributed by atoms with Gasteiger partial charge < -0.3 is 14.6 Å². The monoisotopic (exact) mass is 357 g/mol. The highest BCUT2D eigenvalue weighted by molar-refractivity contribution is 5.94. The molecule has 0 aliphatic carbocycles. The molecule has 1 aromatic heterocycles. The van der Waals surface area contributed by atoms with Crippen molar-refractivity contribution in [1.82, 2.24) is 14.9 Å². The minimum absolute atomic E-state index is 0.0809. The molecule has 2 aromatic carbocycles. The van der Waals surface area contributed by atoms with E-state index in [-0.39, 0.29) is 17.7 Å². The van der Waals surface area contributed by atoms with Crippen LogP contribution in [0.1, 0.15) is 28.9 Å². The topological polar surface area (TPSA) is 56.2 Å². The summed E-state index contributed by atoms with van der Waals surface area (Å²) in [5.74, 6) is -0.139. The van der Waals surface area contributed by atoms with Crippen molar-refractivity contribution in [3.63, 3.8) is 0 Å². The molecule has 0 fully saturated rings. The van der Waals surface area contributed by atoms with E-state index < -0.39 is 6.61 Å². The summed E-state index contributed by atoms with van der Waals surface area (Å²) in [6, 6.07) is 13.0. The molecule has 5 nitrogen and oxygen atoms in total. The predicted octanol–water partition coefficient (Wildman–Crippen LogP) is 3.96. The Balaban J connectivity index is 1.63. The highest BCUT2D eigenvalue weighted by atomic mass is 19.3. The van der Waals surface area contributed by atoms with E-state index in [4.69, 9.17) is 0 Å². The molecule has 26 heavy (non-hydrogen) atoms. The Labute approximate surface area is 149 Å². The lowest BCUT2D eigenvalue weighted by Crippen LogP contribution is -2.26. The van der Waals surface area contributed by atoms with Gasteiger partial charge in [0, 0.05) is 23.6 Å². The fourth-order valence-electron chi connectivity index (χ4n) is 2.50. The summed E-state index contributed by atoms with van der Waals surface area (Å²) < 4.78 is 30.5. The van der Waals surface area contributed by atoms with E-state index >= 15 is 0 Å². The number of ether oxygens (including phenoxy) is 1. The Kier molecular flexibility index (Phi) is 5.26. The molecule has 7 heteroatoms. The number of rotatable bonds is 6. The number of aromatic nitrogens is 2. The van der Waals surface area contributed by atoms with Crippen LogP contribution in [-0.2, 0) is 0 Å². The molecule has 0 aliphatic heterocycles. The third-order valence-electron chi connectivity index (χ3n) is 3.88. The standard InChI is InChI=1S/C19H17F2N3O2/c1-13(14-4-8-17(9-5-14)26-19(20)21)23-18(25)15-2-6-16(7-3-15)24-11-10-22-12-24/h2-13,19H,1H3,(H,23,25). The average Bonchev–Trinajstić information content (AvgIpc) is 3.16. The van der Waals surface area contributed by atoms with Crippen molar-refractivity contribution in [2.75, 3.05) is 0 Å². The SMILES string of the molecule is CC(NC(=O)c1ccc(-n2ccnc2)cc1)c1ccc(OC(F)F)cc1. The number of halogens is 2. The number of carbonyl (C=O) groups excluding carboxylic acids is 1. The van der Waals surface area contributed by atoms with E-state index in [1.807, 2.05) is 29.8 Å². The van der Waals surface area contributed by atoms with Crippen molar-refractivity contribution < 1.29 is 18.3 Å². The van der Waals surface area contributed by atoms with Gasteiger partial charge in [0.1, 0.15) is 5.75 Å². The second kappa shape index (κ2) is 7.77. The molecule has 3 rings (SSSR count). The summed E-state index contributed by atoms with van der Waals surface area (Å²) in [4.78, 5) is 16.4. The molecule has 1 heterocycles. The summed E-state index contributed by atoms with van der Waals surface area (Å²) in [6.45, 7) is -1.04. The van der Waals surface area contributed by atoms with Gasteiger partial charge in [-0.3, -0.25) is 4.79 Å². The molecule has 1 unspecified atom stereocenters. The van der Waals surface area contributed by atoms with Crippen LogP contribution >= 0.6 is 0 Å². The van der Waals surface area contributed by atoms with Crippen LogP contribution in [0, 0.1) is 0 Å². The van der Waals surface area contributed by atoms with Crippen molar-refractivity contribution in [3.8, 4) is 11.4 Å². The largest absolute Gasteiger partial charge is 0.435 e. The van der Waals surface area contributed by atoms with Gasteiger partial charge in [-0.25, -0.2) is 4.98 Å². The minimum Gasteiger partial charge on any atom is -0.435 e. The first kappa shape index (κ1) is 17.6. The van der Waals surface area contributed by atoms with Gasteiger partial charge >= 0.3 is 6.61 Å². The molecule has 1 N–H and O–H groups in total. The zero-order valence-corrected chi connectivity index (χ0v) is 14.0. The normalized spacial score (nSPS) is 12.0. The molecular weight excluding hydrogens is 340 g/mol. The van der Waals surface area contributed by atoms with E-state index in [1.54, 1.807) is 36.8 Å². The van der Waals surface area contributed by atoms with Crippen LogP contribution in [0.5, 0.6) is 5.75 Å². The Morgan fingerprint density at radius 2 is 1.81 bits per heavy atom. The Morgan fingerprint density at radius 1 is 1.12 bits per heavy atom. The summed E-state index contributed by atoms with van der Waals surface area (Å²) in [7, 11) is 0. The number of hydrogen-bond acceptors (Lipinski definition) is 3. The highest BCUT2D eigenvalue weighted by Crippen LogP contribution is 2.19. The lowest BCUT2D eigenvalue weighted by atomic mass is 10.1.